The molecule has 6 heteroatoms. The number of nitrogens with one attached hydrogen (secondary N) is 1. The fraction of sp³-hybridized carbons (Fsp3) is 0.0800. The van der Waals surface area contributed by atoms with Crippen LogP contribution in [0.5, 0.6) is 11.5 Å². The van der Waals surface area contributed by atoms with Gasteiger partial charge in [0.15, 0.2) is 5.65 Å². The summed E-state index contributed by atoms with van der Waals surface area (Å²) in [6, 6.07) is 27.5. The molecule has 1 N–H and O–H groups in total. The Balaban J connectivity index is 1.41. The molecule has 5 aromatic rings. The Kier molecular flexibility index (Phi) is 5.26. The maximum atomic E-state index is 6.13. The molecule has 2 aromatic carbocycles. The van der Waals surface area contributed by atoms with E-state index < -0.39 is 0 Å². The van der Waals surface area contributed by atoms with E-state index in [1.165, 1.54) is 0 Å². The van der Waals surface area contributed by atoms with Crippen molar-refractivity contribution in [3.63, 3.8) is 0 Å². The molecule has 0 atom stereocenters. The number of benzene rings is 2. The van der Waals surface area contributed by atoms with Gasteiger partial charge in [0.1, 0.15) is 17.3 Å². The minimum atomic E-state index is 0.743. The quantitative estimate of drug-likeness (QED) is 0.400. The summed E-state index contributed by atoms with van der Waals surface area (Å²) in [6.45, 7) is 0.743. The second kappa shape index (κ2) is 8.67. The SMILES string of the molecule is c1ccc(Oc2ccccc2-c2cnc3ccc(NCCc4ccccn4)nn23)cc1. The van der Waals surface area contributed by atoms with E-state index in [0.29, 0.717) is 0 Å². The van der Waals surface area contributed by atoms with Gasteiger partial charge in [0.2, 0.25) is 0 Å². The first-order valence-corrected chi connectivity index (χ1v) is 10.2. The van der Waals surface area contributed by atoms with E-state index in [0.717, 1.165) is 52.9 Å². The highest BCUT2D eigenvalue weighted by molar-refractivity contribution is 5.70. The Morgan fingerprint density at radius 1 is 0.806 bits per heavy atom. The summed E-state index contributed by atoms with van der Waals surface area (Å²) in [7, 11) is 0. The number of para-hydroxylation sites is 2. The minimum Gasteiger partial charge on any atom is -0.457 e. The number of pyridine rings is 1. The predicted octanol–water partition coefficient (Wildman–Crippen LogP) is 5.24. The number of nitrogens with zero attached hydrogens (tertiary/aromatic N) is 4. The zero-order valence-electron chi connectivity index (χ0n) is 16.8. The molecule has 5 rings (SSSR count). The molecule has 0 radical (unpaired) electrons. The number of hydrogen-bond donors (Lipinski definition) is 1. The van der Waals surface area contributed by atoms with Gasteiger partial charge in [-0.1, -0.05) is 36.4 Å². The third kappa shape index (κ3) is 4.23. The van der Waals surface area contributed by atoms with Gasteiger partial charge in [-0.3, -0.25) is 4.98 Å². The van der Waals surface area contributed by atoms with Crippen molar-refractivity contribution >= 4 is 11.5 Å². The molecule has 0 fully saturated rings. The summed E-state index contributed by atoms with van der Waals surface area (Å²) >= 11 is 0. The number of fused-ring (bicyclic) bond motifs is 1. The van der Waals surface area contributed by atoms with E-state index in [-0.39, 0.29) is 0 Å². The van der Waals surface area contributed by atoms with Crippen LogP contribution in [0.3, 0.4) is 0 Å². The number of ether oxygens (including phenoxy) is 1. The van der Waals surface area contributed by atoms with Crippen molar-refractivity contribution in [2.24, 2.45) is 0 Å². The van der Waals surface area contributed by atoms with E-state index in [9.17, 15) is 0 Å². The largest absolute Gasteiger partial charge is 0.457 e. The lowest BCUT2D eigenvalue weighted by Crippen LogP contribution is -2.09. The van der Waals surface area contributed by atoms with E-state index >= 15 is 0 Å². The van der Waals surface area contributed by atoms with Crippen LogP contribution in [-0.4, -0.2) is 26.1 Å². The summed E-state index contributed by atoms with van der Waals surface area (Å²) in [5, 5.41) is 8.14. The normalized spacial score (nSPS) is 10.8. The predicted molar refractivity (Wildman–Crippen MR) is 121 cm³/mol. The Bertz CT molecular complexity index is 1290. The molecule has 31 heavy (non-hydrogen) atoms. The molecule has 0 bridgehead atoms. The highest BCUT2D eigenvalue weighted by atomic mass is 16.5. The molecule has 0 aliphatic heterocycles. The molecule has 0 saturated heterocycles. The molecule has 0 saturated carbocycles. The maximum Gasteiger partial charge on any atom is 0.154 e. The third-order valence-electron chi connectivity index (χ3n) is 4.91. The van der Waals surface area contributed by atoms with Crippen LogP contribution in [0.2, 0.25) is 0 Å². The van der Waals surface area contributed by atoms with Crippen molar-refractivity contribution < 1.29 is 4.74 Å². The fourth-order valence-electron chi connectivity index (χ4n) is 3.40. The van der Waals surface area contributed by atoms with Crippen LogP contribution in [0.1, 0.15) is 5.69 Å². The van der Waals surface area contributed by atoms with Crippen molar-refractivity contribution in [2.75, 3.05) is 11.9 Å². The van der Waals surface area contributed by atoms with Crippen LogP contribution in [0, 0.1) is 0 Å². The highest BCUT2D eigenvalue weighted by Gasteiger charge is 2.13. The minimum absolute atomic E-state index is 0.743. The lowest BCUT2D eigenvalue weighted by molar-refractivity contribution is 0.484. The van der Waals surface area contributed by atoms with Crippen molar-refractivity contribution in [3.05, 3.63) is 103 Å². The van der Waals surface area contributed by atoms with Crippen molar-refractivity contribution in [1.82, 2.24) is 19.6 Å². The lowest BCUT2D eigenvalue weighted by Gasteiger charge is -2.11. The summed E-state index contributed by atoms with van der Waals surface area (Å²) in [5.41, 5.74) is 3.62. The zero-order chi connectivity index (χ0) is 20.9. The molecular weight excluding hydrogens is 386 g/mol. The fourth-order valence-corrected chi connectivity index (χ4v) is 3.40. The van der Waals surface area contributed by atoms with Crippen LogP contribution in [-0.2, 0) is 6.42 Å². The molecule has 0 aliphatic rings. The van der Waals surface area contributed by atoms with Crippen molar-refractivity contribution in [2.45, 2.75) is 6.42 Å². The van der Waals surface area contributed by atoms with Gasteiger partial charge in [-0.15, -0.1) is 5.10 Å². The monoisotopic (exact) mass is 407 g/mol. The van der Waals surface area contributed by atoms with Crippen LogP contribution >= 0.6 is 0 Å². The van der Waals surface area contributed by atoms with E-state index in [1.807, 2.05) is 102 Å². The smallest absolute Gasteiger partial charge is 0.154 e. The topological polar surface area (TPSA) is 64.3 Å². The Morgan fingerprint density at radius 2 is 1.65 bits per heavy atom. The van der Waals surface area contributed by atoms with Gasteiger partial charge < -0.3 is 10.1 Å². The number of imidazole rings is 1. The van der Waals surface area contributed by atoms with E-state index in [4.69, 9.17) is 9.84 Å². The first-order valence-electron chi connectivity index (χ1n) is 10.2. The van der Waals surface area contributed by atoms with Crippen molar-refractivity contribution in [3.8, 4) is 22.8 Å². The molecule has 152 valence electrons. The van der Waals surface area contributed by atoms with E-state index in [1.54, 1.807) is 0 Å². The molecule has 3 aromatic heterocycles. The van der Waals surface area contributed by atoms with Crippen LogP contribution in [0.4, 0.5) is 5.82 Å². The number of aromatic nitrogens is 4. The average molecular weight is 407 g/mol. The highest BCUT2D eigenvalue weighted by Crippen LogP contribution is 2.33. The Labute approximate surface area is 180 Å². The zero-order valence-corrected chi connectivity index (χ0v) is 16.8. The summed E-state index contributed by atoms with van der Waals surface area (Å²) in [4.78, 5) is 8.88. The number of anilines is 1. The molecule has 3 heterocycles. The number of rotatable bonds is 7. The molecule has 0 amide bonds. The van der Waals surface area contributed by atoms with Crippen molar-refractivity contribution in [1.29, 1.82) is 0 Å². The molecular formula is C25H21N5O. The Morgan fingerprint density at radius 3 is 2.52 bits per heavy atom. The Hall–Kier alpha value is -4.19. The molecule has 0 aliphatic carbocycles. The van der Waals surface area contributed by atoms with Gasteiger partial charge in [0.05, 0.1) is 11.9 Å². The molecule has 0 spiro atoms. The first-order chi connectivity index (χ1) is 15.4. The summed E-state index contributed by atoms with van der Waals surface area (Å²) in [5.74, 6) is 2.32. The van der Waals surface area contributed by atoms with Crippen LogP contribution in [0.25, 0.3) is 16.9 Å². The first kappa shape index (κ1) is 18.8. The van der Waals surface area contributed by atoms with Gasteiger partial charge in [-0.05, 0) is 48.5 Å². The van der Waals surface area contributed by atoms with Gasteiger partial charge in [0, 0.05) is 30.4 Å². The van der Waals surface area contributed by atoms with E-state index in [2.05, 4.69) is 15.3 Å². The standard InChI is InChI=1S/C25H21N5O/c1-2-9-20(10-3-1)31-23-12-5-4-11-21(23)22-18-28-25-14-13-24(29-30(22)25)27-17-15-19-8-6-7-16-26-19/h1-14,16,18H,15,17H2,(H,27,29). The van der Waals surface area contributed by atoms with Gasteiger partial charge in [0.25, 0.3) is 0 Å². The molecule has 0 unspecified atom stereocenters. The lowest BCUT2D eigenvalue weighted by atomic mass is 10.1. The van der Waals surface area contributed by atoms with Gasteiger partial charge in [-0.25, -0.2) is 9.50 Å². The van der Waals surface area contributed by atoms with Crippen LogP contribution in [0.15, 0.2) is 97.3 Å². The number of hydrogen-bond acceptors (Lipinski definition) is 5. The second-order valence-electron chi connectivity index (χ2n) is 7.04. The second-order valence-corrected chi connectivity index (χ2v) is 7.04. The van der Waals surface area contributed by atoms with Gasteiger partial charge in [-0.2, -0.15) is 0 Å². The molecule has 6 nitrogen and oxygen atoms in total. The average Bonchev–Trinajstić information content (AvgIpc) is 3.24. The summed E-state index contributed by atoms with van der Waals surface area (Å²) in [6.07, 6.45) is 4.46. The summed E-state index contributed by atoms with van der Waals surface area (Å²) < 4.78 is 7.98. The van der Waals surface area contributed by atoms with Crippen LogP contribution < -0.4 is 10.1 Å². The van der Waals surface area contributed by atoms with Gasteiger partial charge >= 0.3 is 0 Å². The third-order valence-corrected chi connectivity index (χ3v) is 4.91. The maximum absolute atomic E-state index is 6.13.